The van der Waals surface area contributed by atoms with Gasteiger partial charge in [0.1, 0.15) is 18.3 Å². The second-order valence-electron chi connectivity index (χ2n) is 9.35. The molecule has 0 bridgehead atoms. The number of hydrogen-bond acceptors (Lipinski definition) is 5. The van der Waals surface area contributed by atoms with E-state index in [9.17, 15) is 18.0 Å². The highest BCUT2D eigenvalue weighted by Crippen LogP contribution is 2.25. The summed E-state index contributed by atoms with van der Waals surface area (Å²) in [6.07, 6.45) is 1.74. The van der Waals surface area contributed by atoms with Gasteiger partial charge in [-0.25, -0.2) is 8.42 Å². The summed E-state index contributed by atoms with van der Waals surface area (Å²) in [4.78, 5) is 28.4. The molecule has 0 aromatic heterocycles. The maximum atomic E-state index is 13.9. The van der Waals surface area contributed by atoms with Gasteiger partial charge in [-0.15, -0.1) is 0 Å². The van der Waals surface area contributed by atoms with Crippen LogP contribution in [0.25, 0.3) is 0 Å². The van der Waals surface area contributed by atoms with Crippen molar-refractivity contribution in [3.63, 3.8) is 0 Å². The molecule has 0 heterocycles. The molecule has 0 aliphatic rings. The van der Waals surface area contributed by atoms with Crippen LogP contribution in [0.5, 0.6) is 5.75 Å². The number of benzene rings is 3. The third-order valence-electron chi connectivity index (χ3n) is 6.41. The highest BCUT2D eigenvalue weighted by molar-refractivity contribution is 7.92. The number of amides is 2. The Balaban J connectivity index is 1.98. The first-order valence-corrected chi connectivity index (χ1v) is 14.5. The number of carbonyl (C=O) groups excluding carboxylic acids is 2. The minimum Gasteiger partial charge on any atom is -0.497 e. The summed E-state index contributed by atoms with van der Waals surface area (Å²) in [5.41, 5.74) is 2.01. The van der Waals surface area contributed by atoms with Crippen molar-refractivity contribution < 1.29 is 22.7 Å². The van der Waals surface area contributed by atoms with Crippen molar-refractivity contribution in [2.24, 2.45) is 0 Å². The SMILES string of the molecule is CCCCNC(=O)C(C)N(Cc1ccc(OC)cc1)C(=O)CN(c1cccc(C)c1)S(=O)(=O)c1ccccc1. The van der Waals surface area contributed by atoms with Gasteiger partial charge in [-0.1, -0.05) is 55.8 Å². The molecular weight excluding hydrogens is 514 g/mol. The second-order valence-corrected chi connectivity index (χ2v) is 11.2. The highest BCUT2D eigenvalue weighted by atomic mass is 32.2. The molecule has 2 amide bonds. The fourth-order valence-corrected chi connectivity index (χ4v) is 5.50. The van der Waals surface area contributed by atoms with Gasteiger partial charge in [0.15, 0.2) is 0 Å². The van der Waals surface area contributed by atoms with Crippen LogP contribution in [-0.2, 0) is 26.2 Å². The Morgan fingerprint density at radius 2 is 1.67 bits per heavy atom. The molecule has 208 valence electrons. The fourth-order valence-electron chi connectivity index (χ4n) is 4.08. The summed E-state index contributed by atoms with van der Waals surface area (Å²) in [6.45, 7) is 5.70. The van der Waals surface area contributed by atoms with Crippen molar-refractivity contribution in [3.8, 4) is 5.75 Å². The molecule has 39 heavy (non-hydrogen) atoms. The molecule has 3 rings (SSSR count). The zero-order valence-electron chi connectivity index (χ0n) is 23.0. The van der Waals surface area contributed by atoms with Gasteiger partial charge in [-0.2, -0.15) is 0 Å². The number of aryl methyl sites for hydroxylation is 1. The summed E-state index contributed by atoms with van der Waals surface area (Å²) in [5.74, 6) is -0.120. The van der Waals surface area contributed by atoms with Gasteiger partial charge in [0.2, 0.25) is 11.8 Å². The van der Waals surface area contributed by atoms with Gasteiger partial charge in [-0.3, -0.25) is 13.9 Å². The van der Waals surface area contributed by atoms with E-state index in [4.69, 9.17) is 4.74 Å². The molecule has 0 aliphatic carbocycles. The summed E-state index contributed by atoms with van der Waals surface area (Å²) in [7, 11) is -2.51. The number of anilines is 1. The number of nitrogens with zero attached hydrogens (tertiary/aromatic N) is 2. The predicted octanol–water partition coefficient (Wildman–Crippen LogP) is 4.53. The van der Waals surface area contributed by atoms with Crippen molar-refractivity contribution in [2.75, 3.05) is 24.5 Å². The molecule has 9 heteroatoms. The number of rotatable bonds is 13. The molecule has 1 atom stereocenters. The molecule has 1 unspecified atom stereocenters. The minimum absolute atomic E-state index is 0.0753. The summed E-state index contributed by atoms with van der Waals surface area (Å²) in [5, 5.41) is 2.89. The van der Waals surface area contributed by atoms with E-state index in [1.807, 2.05) is 32.0 Å². The molecule has 0 saturated carbocycles. The standard InChI is InChI=1S/C30H37N3O5S/c1-5-6-19-31-30(35)24(3)32(21-25-15-17-27(38-4)18-16-25)29(34)22-33(26-12-10-11-23(2)20-26)39(36,37)28-13-8-7-9-14-28/h7-18,20,24H,5-6,19,21-22H2,1-4H3,(H,31,35). The van der Waals surface area contributed by atoms with E-state index < -0.39 is 28.5 Å². The third-order valence-corrected chi connectivity index (χ3v) is 8.20. The number of sulfonamides is 1. The quantitative estimate of drug-likeness (QED) is 0.315. The number of unbranched alkanes of at least 4 members (excludes halogenated alkanes) is 1. The molecular formula is C30H37N3O5S. The van der Waals surface area contributed by atoms with Crippen LogP contribution in [0.4, 0.5) is 5.69 Å². The molecule has 3 aromatic rings. The van der Waals surface area contributed by atoms with Crippen LogP contribution in [0.2, 0.25) is 0 Å². The van der Waals surface area contributed by atoms with E-state index in [2.05, 4.69) is 5.32 Å². The largest absolute Gasteiger partial charge is 0.497 e. The molecule has 0 fully saturated rings. The number of carbonyl (C=O) groups is 2. The average Bonchev–Trinajstić information content (AvgIpc) is 2.94. The van der Waals surface area contributed by atoms with E-state index in [0.29, 0.717) is 18.0 Å². The highest BCUT2D eigenvalue weighted by Gasteiger charge is 2.32. The summed E-state index contributed by atoms with van der Waals surface area (Å²) >= 11 is 0. The van der Waals surface area contributed by atoms with E-state index in [0.717, 1.165) is 28.3 Å². The predicted molar refractivity (Wildman–Crippen MR) is 153 cm³/mol. The average molecular weight is 552 g/mol. The fraction of sp³-hybridized carbons (Fsp3) is 0.333. The Hall–Kier alpha value is -3.85. The van der Waals surface area contributed by atoms with Gasteiger partial charge < -0.3 is 15.0 Å². The van der Waals surface area contributed by atoms with E-state index >= 15 is 0 Å². The van der Waals surface area contributed by atoms with Gasteiger partial charge >= 0.3 is 0 Å². The first-order chi connectivity index (χ1) is 18.7. The zero-order chi connectivity index (χ0) is 28.4. The topological polar surface area (TPSA) is 96.0 Å². The smallest absolute Gasteiger partial charge is 0.264 e. The lowest BCUT2D eigenvalue weighted by Crippen LogP contribution is -2.51. The molecule has 0 spiro atoms. The van der Waals surface area contributed by atoms with Crippen molar-refractivity contribution in [2.45, 2.75) is 51.1 Å². The van der Waals surface area contributed by atoms with Crippen molar-refractivity contribution >= 4 is 27.5 Å². The monoisotopic (exact) mass is 551 g/mol. The van der Waals surface area contributed by atoms with Gasteiger partial charge in [0, 0.05) is 13.1 Å². The first kappa shape index (κ1) is 29.7. The first-order valence-electron chi connectivity index (χ1n) is 13.0. The minimum atomic E-state index is -4.08. The maximum Gasteiger partial charge on any atom is 0.264 e. The maximum absolute atomic E-state index is 13.9. The Kier molecular flexibility index (Phi) is 10.5. The Morgan fingerprint density at radius 3 is 2.28 bits per heavy atom. The number of ether oxygens (including phenoxy) is 1. The summed E-state index contributed by atoms with van der Waals surface area (Å²) < 4.78 is 33.9. The Bertz CT molecular complexity index is 1340. The molecule has 3 aromatic carbocycles. The third kappa shape index (κ3) is 7.83. The van der Waals surface area contributed by atoms with E-state index in [1.54, 1.807) is 62.6 Å². The molecule has 8 nitrogen and oxygen atoms in total. The molecule has 0 saturated heterocycles. The molecule has 0 aliphatic heterocycles. The lowest BCUT2D eigenvalue weighted by molar-refractivity contribution is -0.139. The Morgan fingerprint density at radius 1 is 0.974 bits per heavy atom. The zero-order valence-corrected chi connectivity index (χ0v) is 23.8. The number of nitrogens with one attached hydrogen (secondary N) is 1. The molecule has 0 radical (unpaired) electrons. The van der Waals surface area contributed by atoms with Crippen LogP contribution in [0.1, 0.15) is 37.8 Å². The second kappa shape index (κ2) is 13.8. The number of methoxy groups -OCH3 is 1. The van der Waals surface area contributed by atoms with Gasteiger partial charge in [0.05, 0.1) is 17.7 Å². The lowest BCUT2D eigenvalue weighted by Gasteiger charge is -2.32. The van der Waals surface area contributed by atoms with Crippen LogP contribution in [0, 0.1) is 6.92 Å². The van der Waals surface area contributed by atoms with Gasteiger partial charge in [-0.05, 0) is 67.8 Å². The normalized spacial score (nSPS) is 11.9. The molecule has 1 N–H and O–H groups in total. The van der Waals surface area contributed by atoms with Crippen molar-refractivity contribution in [1.29, 1.82) is 0 Å². The van der Waals surface area contributed by atoms with Crippen LogP contribution < -0.4 is 14.4 Å². The Labute approximate surface area is 231 Å². The van der Waals surface area contributed by atoms with Crippen LogP contribution in [0.15, 0.2) is 83.8 Å². The van der Waals surface area contributed by atoms with Crippen molar-refractivity contribution in [3.05, 3.63) is 90.0 Å². The van der Waals surface area contributed by atoms with Crippen LogP contribution in [0.3, 0.4) is 0 Å². The van der Waals surface area contributed by atoms with Gasteiger partial charge in [0.25, 0.3) is 10.0 Å². The summed E-state index contributed by atoms with van der Waals surface area (Å²) in [6, 6.07) is 21.4. The van der Waals surface area contributed by atoms with Crippen LogP contribution in [-0.4, -0.2) is 51.4 Å². The van der Waals surface area contributed by atoms with E-state index in [1.165, 1.54) is 17.0 Å². The van der Waals surface area contributed by atoms with Crippen molar-refractivity contribution in [1.82, 2.24) is 10.2 Å². The van der Waals surface area contributed by atoms with Crippen LogP contribution >= 0.6 is 0 Å². The number of hydrogen-bond donors (Lipinski definition) is 1. The lowest BCUT2D eigenvalue weighted by atomic mass is 10.1. The van der Waals surface area contributed by atoms with E-state index in [-0.39, 0.29) is 17.3 Å².